The maximum Gasteiger partial charge on any atom is 0.232 e. The predicted octanol–water partition coefficient (Wildman–Crippen LogP) is 2.67. The third kappa shape index (κ3) is 3.17. The molecule has 2 heterocycles. The highest BCUT2D eigenvalue weighted by Gasteiger charge is 2.50. The summed E-state index contributed by atoms with van der Waals surface area (Å²) in [6, 6.07) is 17.0. The standard InChI is InChI=1S/C22H20N2O4/c1-22(16-9-8-14-5-2-3-6-15(14)11-16)20(26)18(21(27)24-22)12-19(25)23-13-17-7-4-10-28-17/h2-11,18H,12-13H2,1H3,(H,23,25)(H,24,27). The number of ketones is 1. The van der Waals surface area contributed by atoms with Gasteiger partial charge in [-0.2, -0.15) is 0 Å². The lowest BCUT2D eigenvalue weighted by Crippen LogP contribution is -2.40. The number of amides is 2. The molecule has 0 aliphatic carbocycles. The minimum atomic E-state index is -1.15. The summed E-state index contributed by atoms with van der Waals surface area (Å²) in [6.45, 7) is 1.91. The molecule has 0 radical (unpaired) electrons. The summed E-state index contributed by atoms with van der Waals surface area (Å²) < 4.78 is 5.16. The number of carbonyl (C=O) groups excluding carboxylic acids is 3. The highest BCUT2D eigenvalue weighted by Crippen LogP contribution is 2.34. The van der Waals surface area contributed by atoms with Gasteiger partial charge >= 0.3 is 0 Å². The molecule has 1 aliphatic rings. The normalized spacial score (nSPS) is 21.7. The van der Waals surface area contributed by atoms with Crippen LogP contribution in [0, 0.1) is 5.92 Å². The lowest BCUT2D eigenvalue weighted by Gasteiger charge is -2.23. The molecule has 1 saturated heterocycles. The lowest BCUT2D eigenvalue weighted by atomic mass is 9.84. The Labute approximate surface area is 161 Å². The zero-order chi connectivity index (χ0) is 19.7. The maximum atomic E-state index is 13.1. The van der Waals surface area contributed by atoms with E-state index < -0.39 is 17.4 Å². The molecule has 2 N–H and O–H groups in total. The third-order valence-corrected chi connectivity index (χ3v) is 5.26. The van der Waals surface area contributed by atoms with Crippen LogP contribution in [0.5, 0.6) is 0 Å². The van der Waals surface area contributed by atoms with Gasteiger partial charge in [-0.1, -0.05) is 36.4 Å². The van der Waals surface area contributed by atoms with E-state index in [1.165, 1.54) is 6.26 Å². The van der Waals surface area contributed by atoms with Crippen molar-refractivity contribution in [1.82, 2.24) is 10.6 Å². The molecule has 6 nitrogen and oxygen atoms in total. The van der Waals surface area contributed by atoms with Gasteiger partial charge in [0.25, 0.3) is 0 Å². The number of fused-ring (bicyclic) bond motifs is 1. The Morgan fingerprint density at radius 2 is 1.89 bits per heavy atom. The average molecular weight is 376 g/mol. The summed E-state index contributed by atoms with van der Waals surface area (Å²) in [5, 5.41) is 7.52. The van der Waals surface area contributed by atoms with E-state index in [0.29, 0.717) is 11.3 Å². The molecule has 0 spiro atoms. The zero-order valence-electron chi connectivity index (χ0n) is 15.4. The van der Waals surface area contributed by atoms with Crippen LogP contribution in [0.2, 0.25) is 0 Å². The molecule has 1 aromatic heterocycles. The van der Waals surface area contributed by atoms with Crippen molar-refractivity contribution in [3.63, 3.8) is 0 Å². The Bertz CT molecular complexity index is 1060. The van der Waals surface area contributed by atoms with E-state index in [1.54, 1.807) is 19.1 Å². The molecule has 142 valence electrons. The number of nitrogens with one attached hydrogen (secondary N) is 2. The molecule has 28 heavy (non-hydrogen) atoms. The Hall–Kier alpha value is -3.41. The maximum absolute atomic E-state index is 13.1. The number of carbonyl (C=O) groups is 3. The average Bonchev–Trinajstić information content (AvgIpc) is 3.29. The molecule has 2 aromatic carbocycles. The molecular weight excluding hydrogens is 356 g/mol. The van der Waals surface area contributed by atoms with Crippen molar-refractivity contribution in [3.8, 4) is 0 Å². The van der Waals surface area contributed by atoms with Crippen LogP contribution in [0.1, 0.15) is 24.7 Å². The largest absolute Gasteiger partial charge is 0.467 e. The fourth-order valence-corrected chi connectivity index (χ4v) is 3.62. The summed E-state index contributed by atoms with van der Waals surface area (Å²) in [4.78, 5) is 37.8. The molecule has 6 heteroatoms. The first-order chi connectivity index (χ1) is 13.5. The summed E-state index contributed by atoms with van der Waals surface area (Å²) in [6.07, 6.45) is 1.33. The highest BCUT2D eigenvalue weighted by atomic mass is 16.3. The summed E-state index contributed by atoms with van der Waals surface area (Å²) in [5.74, 6) is -1.48. The molecule has 4 rings (SSSR count). The minimum Gasteiger partial charge on any atom is -0.467 e. The molecule has 0 saturated carbocycles. The molecule has 1 aliphatic heterocycles. The smallest absolute Gasteiger partial charge is 0.232 e. The summed E-state index contributed by atoms with van der Waals surface area (Å²) in [7, 11) is 0. The van der Waals surface area contributed by atoms with Gasteiger partial charge in [0.1, 0.15) is 17.2 Å². The van der Waals surface area contributed by atoms with Gasteiger partial charge in [-0.25, -0.2) is 0 Å². The molecule has 2 unspecified atom stereocenters. The van der Waals surface area contributed by atoms with Gasteiger partial charge in [0.2, 0.25) is 11.8 Å². The van der Waals surface area contributed by atoms with Gasteiger partial charge in [-0.15, -0.1) is 0 Å². The fourth-order valence-electron chi connectivity index (χ4n) is 3.62. The predicted molar refractivity (Wildman–Crippen MR) is 103 cm³/mol. The second-order valence-electron chi connectivity index (χ2n) is 7.15. The van der Waals surface area contributed by atoms with Gasteiger partial charge in [-0.3, -0.25) is 14.4 Å². The monoisotopic (exact) mass is 376 g/mol. The van der Waals surface area contributed by atoms with E-state index in [1.807, 2.05) is 42.5 Å². The van der Waals surface area contributed by atoms with E-state index in [-0.39, 0.29) is 24.7 Å². The fraction of sp³-hybridized carbons (Fsp3) is 0.227. The highest BCUT2D eigenvalue weighted by molar-refractivity contribution is 6.14. The van der Waals surface area contributed by atoms with Crippen LogP contribution >= 0.6 is 0 Å². The molecule has 1 fully saturated rings. The summed E-state index contributed by atoms with van der Waals surface area (Å²) in [5.41, 5.74) is -0.435. The van der Waals surface area contributed by atoms with Crippen molar-refractivity contribution in [1.29, 1.82) is 0 Å². The van der Waals surface area contributed by atoms with Crippen LogP contribution in [0.4, 0.5) is 0 Å². The van der Waals surface area contributed by atoms with Gasteiger partial charge in [0, 0.05) is 6.42 Å². The van der Waals surface area contributed by atoms with Gasteiger partial charge < -0.3 is 15.1 Å². The van der Waals surface area contributed by atoms with Crippen molar-refractivity contribution >= 4 is 28.4 Å². The number of hydrogen-bond donors (Lipinski definition) is 2. The van der Waals surface area contributed by atoms with E-state index >= 15 is 0 Å². The quantitative estimate of drug-likeness (QED) is 0.670. The topological polar surface area (TPSA) is 88.4 Å². The first kappa shape index (κ1) is 18.0. The lowest BCUT2D eigenvalue weighted by molar-refractivity contribution is -0.133. The Kier molecular flexibility index (Phi) is 4.47. The first-order valence-electron chi connectivity index (χ1n) is 9.12. The molecular formula is C22H20N2O4. The summed E-state index contributed by atoms with van der Waals surface area (Å²) >= 11 is 0. The second-order valence-corrected chi connectivity index (χ2v) is 7.15. The van der Waals surface area contributed by atoms with Crippen molar-refractivity contribution in [2.45, 2.75) is 25.4 Å². The number of Topliss-reactive ketones (excluding diaryl/α,β-unsaturated/α-hetero) is 1. The van der Waals surface area contributed by atoms with Crippen LogP contribution < -0.4 is 10.6 Å². The van der Waals surface area contributed by atoms with E-state index in [4.69, 9.17) is 4.42 Å². The Morgan fingerprint density at radius 3 is 2.64 bits per heavy atom. The van der Waals surface area contributed by atoms with Crippen molar-refractivity contribution in [3.05, 3.63) is 72.2 Å². The van der Waals surface area contributed by atoms with Crippen molar-refractivity contribution in [2.75, 3.05) is 0 Å². The van der Waals surface area contributed by atoms with Gasteiger partial charge in [-0.05, 0) is 41.5 Å². The van der Waals surface area contributed by atoms with Crippen LogP contribution in [-0.2, 0) is 26.5 Å². The van der Waals surface area contributed by atoms with E-state index in [9.17, 15) is 14.4 Å². The number of rotatable bonds is 5. The van der Waals surface area contributed by atoms with Crippen LogP contribution in [0.25, 0.3) is 10.8 Å². The zero-order valence-corrected chi connectivity index (χ0v) is 15.4. The van der Waals surface area contributed by atoms with Gasteiger partial charge in [0.15, 0.2) is 5.78 Å². The number of hydrogen-bond acceptors (Lipinski definition) is 4. The first-order valence-corrected chi connectivity index (χ1v) is 9.12. The van der Waals surface area contributed by atoms with Crippen molar-refractivity contribution < 1.29 is 18.8 Å². The SMILES string of the molecule is CC1(c2ccc3ccccc3c2)NC(=O)C(CC(=O)NCc2ccco2)C1=O. The molecule has 0 bridgehead atoms. The molecule has 2 amide bonds. The third-order valence-electron chi connectivity index (χ3n) is 5.26. The second kappa shape index (κ2) is 6.96. The minimum absolute atomic E-state index is 0.186. The van der Waals surface area contributed by atoms with Crippen LogP contribution in [0.15, 0.2) is 65.3 Å². The molecule has 3 aromatic rings. The van der Waals surface area contributed by atoms with Crippen LogP contribution in [-0.4, -0.2) is 17.6 Å². The number of furan rings is 1. The van der Waals surface area contributed by atoms with E-state index in [0.717, 1.165) is 10.8 Å². The Morgan fingerprint density at radius 1 is 1.11 bits per heavy atom. The molecule has 2 atom stereocenters. The van der Waals surface area contributed by atoms with Crippen LogP contribution in [0.3, 0.4) is 0 Å². The Balaban J connectivity index is 1.51. The van der Waals surface area contributed by atoms with Gasteiger partial charge in [0.05, 0.1) is 12.8 Å². The van der Waals surface area contributed by atoms with E-state index in [2.05, 4.69) is 10.6 Å². The number of benzene rings is 2. The van der Waals surface area contributed by atoms with Crippen molar-refractivity contribution in [2.24, 2.45) is 5.92 Å².